The Morgan fingerprint density at radius 2 is 1.95 bits per heavy atom. The van der Waals surface area contributed by atoms with Gasteiger partial charge in [0.2, 0.25) is 0 Å². The lowest BCUT2D eigenvalue weighted by Crippen LogP contribution is -2.69. The molecule has 1 aliphatic heterocycles. The van der Waals surface area contributed by atoms with E-state index in [9.17, 15) is 15.0 Å². The zero-order valence-corrected chi connectivity index (χ0v) is 23.3. The van der Waals surface area contributed by atoms with Crippen LogP contribution in [0.5, 0.6) is 0 Å². The van der Waals surface area contributed by atoms with Crippen LogP contribution in [-0.4, -0.2) is 57.1 Å². The smallest absolute Gasteiger partial charge is 0.355 e. The van der Waals surface area contributed by atoms with Crippen molar-refractivity contribution < 1.29 is 29.2 Å². The van der Waals surface area contributed by atoms with Crippen LogP contribution >= 0.6 is 0 Å². The molecule has 9 atom stereocenters. The maximum atomic E-state index is 13.7. The van der Waals surface area contributed by atoms with Crippen molar-refractivity contribution >= 4 is 5.97 Å². The number of carbonyl (C=O) groups excluding carboxylic acids is 1. The third-order valence-corrected chi connectivity index (χ3v) is 11.1. The van der Waals surface area contributed by atoms with Gasteiger partial charge < -0.3 is 29.0 Å². The van der Waals surface area contributed by atoms with Gasteiger partial charge >= 0.3 is 5.97 Å². The highest BCUT2D eigenvalue weighted by Gasteiger charge is 2.77. The van der Waals surface area contributed by atoms with Crippen molar-refractivity contribution in [3.8, 4) is 0 Å². The van der Waals surface area contributed by atoms with Gasteiger partial charge in [-0.3, -0.25) is 0 Å². The second kappa shape index (κ2) is 7.62. The maximum absolute atomic E-state index is 13.7. The van der Waals surface area contributed by atoms with Gasteiger partial charge in [-0.15, -0.1) is 0 Å². The summed E-state index contributed by atoms with van der Waals surface area (Å²) in [6.45, 7) is 12.6. The number of aromatic nitrogens is 1. The Bertz CT molecular complexity index is 1250. The molecular weight excluding hydrogens is 482 g/mol. The van der Waals surface area contributed by atoms with Crippen LogP contribution in [-0.2, 0) is 14.2 Å². The Hall–Kier alpha value is -1.93. The van der Waals surface area contributed by atoms with E-state index in [0.29, 0.717) is 30.2 Å². The molecule has 5 aliphatic carbocycles. The summed E-state index contributed by atoms with van der Waals surface area (Å²) in [5.41, 5.74) is -0.518. The molecule has 1 saturated heterocycles. The number of hydrogen-bond acceptors (Lipinski definition) is 6. The molecule has 38 heavy (non-hydrogen) atoms. The summed E-state index contributed by atoms with van der Waals surface area (Å²) >= 11 is 0. The monoisotopic (exact) mass is 523 g/mol. The van der Waals surface area contributed by atoms with Crippen molar-refractivity contribution in [1.29, 1.82) is 0 Å². The van der Waals surface area contributed by atoms with E-state index in [2.05, 4.69) is 26.8 Å². The van der Waals surface area contributed by atoms with Gasteiger partial charge in [0, 0.05) is 18.2 Å². The van der Waals surface area contributed by atoms with E-state index in [4.69, 9.17) is 14.2 Å². The lowest BCUT2D eigenvalue weighted by molar-refractivity contribution is -0.312. The van der Waals surface area contributed by atoms with Gasteiger partial charge in [-0.1, -0.05) is 32.9 Å². The fourth-order valence-electron chi connectivity index (χ4n) is 9.01. The average molecular weight is 524 g/mol. The van der Waals surface area contributed by atoms with Crippen LogP contribution in [0.4, 0.5) is 0 Å². The third-order valence-electron chi connectivity index (χ3n) is 11.1. The zero-order valence-electron chi connectivity index (χ0n) is 23.3. The molecule has 4 fully saturated rings. The number of esters is 1. The highest BCUT2D eigenvalue weighted by Crippen LogP contribution is 2.73. The normalized spacial score (nSPS) is 45.9. The fourth-order valence-corrected chi connectivity index (χ4v) is 9.01. The Balaban J connectivity index is 1.36. The van der Waals surface area contributed by atoms with Crippen LogP contribution in [0.3, 0.4) is 0 Å². The topological polar surface area (TPSA) is 90.2 Å². The highest BCUT2D eigenvalue weighted by molar-refractivity contribution is 5.88. The molecule has 2 bridgehead atoms. The predicted molar refractivity (Wildman–Crippen MR) is 140 cm³/mol. The van der Waals surface area contributed by atoms with Crippen LogP contribution in [0, 0.1) is 34.5 Å². The number of aliphatic hydroxyl groups excluding tert-OH is 1. The summed E-state index contributed by atoms with van der Waals surface area (Å²) in [6, 6.07) is 3.98. The molecular formula is C31H41NO6. The number of fused-ring (bicyclic) bond motifs is 5. The number of aliphatic hydroxyl groups is 2. The maximum Gasteiger partial charge on any atom is 0.355 e. The van der Waals surface area contributed by atoms with E-state index in [1.54, 1.807) is 6.07 Å². The van der Waals surface area contributed by atoms with E-state index < -0.39 is 41.1 Å². The third kappa shape index (κ3) is 3.08. The van der Waals surface area contributed by atoms with Crippen LogP contribution < -0.4 is 0 Å². The summed E-state index contributed by atoms with van der Waals surface area (Å²) in [6.07, 6.45) is 6.48. The van der Waals surface area contributed by atoms with Gasteiger partial charge in [0.25, 0.3) is 0 Å². The van der Waals surface area contributed by atoms with Crippen molar-refractivity contribution in [2.45, 2.75) is 96.5 Å². The molecule has 1 unspecified atom stereocenters. The minimum atomic E-state index is -1.69. The molecule has 1 aromatic rings. The number of nitrogens with zero attached hydrogens (tertiary/aromatic N) is 1. The van der Waals surface area contributed by atoms with Gasteiger partial charge in [-0.2, -0.15) is 0 Å². The minimum Gasteiger partial charge on any atom is -0.450 e. The number of carbonyl (C=O) groups is 1. The van der Waals surface area contributed by atoms with E-state index >= 15 is 0 Å². The highest BCUT2D eigenvalue weighted by atomic mass is 16.7. The summed E-state index contributed by atoms with van der Waals surface area (Å²) < 4.78 is 20.9. The summed E-state index contributed by atoms with van der Waals surface area (Å²) in [4.78, 5) is 13.7. The average Bonchev–Trinajstić information content (AvgIpc) is 3.70. The molecule has 0 amide bonds. The summed E-state index contributed by atoms with van der Waals surface area (Å²) in [5, 5.41) is 25.5. The number of ether oxygens (including phenoxy) is 3. The molecule has 7 rings (SSSR count). The molecule has 2 heterocycles. The van der Waals surface area contributed by atoms with Crippen LogP contribution in [0.2, 0.25) is 0 Å². The Labute approximate surface area is 224 Å². The molecule has 1 spiro atoms. The van der Waals surface area contributed by atoms with Crippen molar-refractivity contribution in [3.63, 3.8) is 0 Å². The van der Waals surface area contributed by atoms with Gasteiger partial charge in [0.1, 0.15) is 17.4 Å². The standard InChI is InChI=1S/C31H41NO6/c1-16-14-30-17(2)12-21-23(28(21,3)4)20(24(30)33)13-18-15-36-29(5,6)38-26(18)31(30,35)25(16)37-27(34)22-8-7-11-32(22)19-9-10-19/h7-8,11,13-14,17,19-21,23-26,33,35H,9-10,12,15H2,1-6H3/t17-,20+,21-,23+,24?,25+,26-,30+,31-/m1/s1. The van der Waals surface area contributed by atoms with Crippen LogP contribution in [0.25, 0.3) is 0 Å². The van der Waals surface area contributed by atoms with Crippen molar-refractivity contribution in [1.82, 2.24) is 4.57 Å². The number of hydrogen-bond donors (Lipinski definition) is 2. The van der Waals surface area contributed by atoms with Gasteiger partial charge in [-0.05, 0) is 86.5 Å². The minimum absolute atomic E-state index is 0.0574. The quantitative estimate of drug-likeness (QED) is 0.451. The Kier molecular flexibility index (Phi) is 5.03. The Morgan fingerprint density at radius 1 is 1.21 bits per heavy atom. The van der Waals surface area contributed by atoms with E-state index in [1.807, 2.05) is 43.7 Å². The molecule has 7 heteroatoms. The largest absolute Gasteiger partial charge is 0.450 e. The van der Waals surface area contributed by atoms with Crippen molar-refractivity contribution in [2.75, 3.05) is 6.61 Å². The molecule has 6 aliphatic rings. The predicted octanol–water partition coefficient (Wildman–Crippen LogP) is 4.41. The Morgan fingerprint density at radius 3 is 2.66 bits per heavy atom. The first-order valence-corrected chi connectivity index (χ1v) is 14.3. The van der Waals surface area contributed by atoms with Crippen molar-refractivity contribution in [3.05, 3.63) is 47.3 Å². The second-order valence-electron chi connectivity index (χ2n) is 14.0. The molecule has 7 nitrogen and oxygen atoms in total. The lowest BCUT2D eigenvalue weighted by atomic mass is 9.58. The van der Waals surface area contributed by atoms with Gasteiger partial charge in [0.15, 0.2) is 11.9 Å². The van der Waals surface area contributed by atoms with E-state index in [1.165, 1.54) is 0 Å². The van der Waals surface area contributed by atoms with E-state index in [0.717, 1.165) is 30.4 Å². The molecule has 2 N–H and O–H groups in total. The van der Waals surface area contributed by atoms with Crippen LogP contribution in [0.1, 0.15) is 77.3 Å². The summed E-state index contributed by atoms with van der Waals surface area (Å²) in [5.74, 6) is -0.838. The lowest BCUT2D eigenvalue weighted by Gasteiger charge is -2.55. The first kappa shape index (κ1) is 25.1. The first-order chi connectivity index (χ1) is 17.8. The van der Waals surface area contributed by atoms with E-state index in [-0.39, 0.29) is 17.3 Å². The molecule has 0 aromatic carbocycles. The summed E-state index contributed by atoms with van der Waals surface area (Å²) in [7, 11) is 0. The van der Waals surface area contributed by atoms with Crippen molar-refractivity contribution in [2.24, 2.45) is 34.5 Å². The molecule has 1 aromatic heterocycles. The molecule has 206 valence electrons. The SMILES string of the molecule is CC1=C[C@]23C(O)[C@@H](C=C4COC(C)(C)O[C@H]4[C@]2(O)[C@H]1OC(=O)c1cccn1C1CC1)[C@H]1[C@@H](C[C@H]3C)C1(C)C. The first-order valence-electron chi connectivity index (χ1n) is 14.3. The van der Waals surface area contributed by atoms with Gasteiger partial charge in [0.05, 0.1) is 18.1 Å². The zero-order chi connectivity index (χ0) is 27.0. The fraction of sp³-hybridized carbons (Fsp3) is 0.710. The van der Waals surface area contributed by atoms with Crippen LogP contribution in [0.15, 0.2) is 41.6 Å². The second-order valence-corrected chi connectivity index (χ2v) is 14.0. The molecule has 3 saturated carbocycles. The number of rotatable bonds is 3. The molecule has 0 radical (unpaired) electrons. The van der Waals surface area contributed by atoms with Gasteiger partial charge in [-0.25, -0.2) is 4.79 Å².